The molecule has 0 saturated carbocycles. The first-order valence-electron chi connectivity index (χ1n) is 9.26. The third kappa shape index (κ3) is 3.11. The number of hydrogen-bond donors (Lipinski definition) is 0. The zero-order valence-electron chi connectivity index (χ0n) is 14.7. The van der Waals surface area contributed by atoms with Gasteiger partial charge in [0.15, 0.2) is 0 Å². The van der Waals surface area contributed by atoms with Crippen LogP contribution in [0.1, 0.15) is 46.1 Å². The number of carbonyl (C=O) groups is 1. The second-order valence-corrected chi connectivity index (χ2v) is 8.98. The average Bonchev–Trinajstić information content (AvgIpc) is 3.35. The Labute approximate surface area is 165 Å². The number of halogens is 1. The van der Waals surface area contributed by atoms with Gasteiger partial charge in [-0.3, -0.25) is 4.79 Å². The summed E-state index contributed by atoms with van der Waals surface area (Å²) in [4.78, 5) is 20.0. The number of rotatable bonds is 2. The maximum atomic E-state index is 13.6. The summed E-state index contributed by atoms with van der Waals surface area (Å²) in [6, 6.07) is 6.91. The lowest BCUT2D eigenvalue weighted by molar-refractivity contribution is 0.0588. The predicted molar refractivity (Wildman–Crippen MR) is 107 cm³/mol. The van der Waals surface area contributed by atoms with Crippen LogP contribution in [0, 0.1) is 5.82 Å². The molecule has 3 aromatic rings. The summed E-state index contributed by atoms with van der Waals surface area (Å²) in [5, 5.41) is 7.41. The number of benzene rings is 1. The van der Waals surface area contributed by atoms with E-state index in [1.54, 1.807) is 28.7 Å². The van der Waals surface area contributed by atoms with Crippen LogP contribution in [0.2, 0.25) is 0 Å². The van der Waals surface area contributed by atoms with Crippen molar-refractivity contribution in [2.45, 2.75) is 37.6 Å². The SMILES string of the molecule is O=C1c2ccc(F)cc2CC[C@@H]2CC[C@H](c3nc(-c4ccsc4)cs3)CN12. The lowest BCUT2D eigenvalue weighted by Crippen LogP contribution is -2.45. The van der Waals surface area contributed by atoms with Crippen LogP contribution >= 0.6 is 22.7 Å². The molecule has 0 aliphatic carbocycles. The third-order valence-electron chi connectivity index (χ3n) is 5.70. The monoisotopic (exact) mass is 398 g/mol. The molecule has 138 valence electrons. The Morgan fingerprint density at radius 2 is 2.07 bits per heavy atom. The maximum Gasteiger partial charge on any atom is 0.254 e. The highest BCUT2D eigenvalue weighted by Crippen LogP contribution is 2.37. The van der Waals surface area contributed by atoms with Gasteiger partial charge in [-0.15, -0.1) is 11.3 Å². The number of piperidine rings is 1. The number of nitrogens with zero attached hydrogens (tertiary/aromatic N) is 2. The molecule has 0 bridgehead atoms. The Morgan fingerprint density at radius 1 is 1.15 bits per heavy atom. The fourth-order valence-electron chi connectivity index (χ4n) is 4.25. The van der Waals surface area contributed by atoms with Crippen molar-refractivity contribution >= 4 is 28.6 Å². The first kappa shape index (κ1) is 17.1. The largest absolute Gasteiger partial charge is 0.335 e. The Hall–Kier alpha value is -2.05. The lowest BCUT2D eigenvalue weighted by atomic mass is 9.91. The van der Waals surface area contributed by atoms with Crippen molar-refractivity contribution in [3.63, 3.8) is 0 Å². The maximum absolute atomic E-state index is 13.6. The van der Waals surface area contributed by atoms with E-state index in [9.17, 15) is 9.18 Å². The second kappa shape index (κ2) is 6.84. The topological polar surface area (TPSA) is 33.2 Å². The van der Waals surface area contributed by atoms with Crippen molar-refractivity contribution in [1.29, 1.82) is 0 Å². The van der Waals surface area contributed by atoms with Crippen LogP contribution in [-0.4, -0.2) is 28.4 Å². The lowest BCUT2D eigenvalue weighted by Gasteiger charge is -2.38. The van der Waals surface area contributed by atoms with Gasteiger partial charge in [0, 0.05) is 40.4 Å². The van der Waals surface area contributed by atoms with Gasteiger partial charge in [0.2, 0.25) is 0 Å². The molecule has 2 aromatic heterocycles. The van der Waals surface area contributed by atoms with E-state index in [1.165, 1.54) is 12.1 Å². The number of amides is 1. The van der Waals surface area contributed by atoms with Crippen LogP contribution in [-0.2, 0) is 6.42 Å². The Balaban J connectivity index is 1.41. The molecule has 0 spiro atoms. The minimum atomic E-state index is -0.261. The average molecular weight is 399 g/mol. The van der Waals surface area contributed by atoms with E-state index < -0.39 is 0 Å². The van der Waals surface area contributed by atoms with Crippen molar-refractivity contribution in [1.82, 2.24) is 9.88 Å². The van der Waals surface area contributed by atoms with Gasteiger partial charge in [0.05, 0.1) is 10.7 Å². The number of thiophene rings is 1. The fraction of sp³-hybridized carbons (Fsp3) is 0.333. The van der Waals surface area contributed by atoms with Crippen LogP contribution in [0.4, 0.5) is 4.39 Å². The molecule has 0 N–H and O–H groups in total. The van der Waals surface area contributed by atoms with Gasteiger partial charge < -0.3 is 4.90 Å². The molecule has 2 aliphatic rings. The molecule has 4 heterocycles. The smallest absolute Gasteiger partial charge is 0.254 e. The van der Waals surface area contributed by atoms with Gasteiger partial charge in [0.25, 0.3) is 5.91 Å². The van der Waals surface area contributed by atoms with E-state index in [4.69, 9.17) is 4.98 Å². The molecule has 6 heteroatoms. The molecule has 3 nitrogen and oxygen atoms in total. The van der Waals surface area contributed by atoms with Crippen LogP contribution in [0.25, 0.3) is 11.3 Å². The summed E-state index contributed by atoms with van der Waals surface area (Å²) >= 11 is 3.37. The van der Waals surface area contributed by atoms with Crippen LogP contribution in [0.5, 0.6) is 0 Å². The summed E-state index contributed by atoms with van der Waals surface area (Å²) < 4.78 is 13.6. The molecule has 1 aromatic carbocycles. The fourth-order valence-corrected chi connectivity index (χ4v) is 5.86. The highest BCUT2D eigenvalue weighted by Gasteiger charge is 2.36. The van der Waals surface area contributed by atoms with E-state index in [1.807, 2.05) is 4.90 Å². The summed E-state index contributed by atoms with van der Waals surface area (Å²) in [5.74, 6) is 0.0689. The first-order chi connectivity index (χ1) is 13.2. The molecule has 1 fully saturated rings. The van der Waals surface area contributed by atoms with E-state index in [-0.39, 0.29) is 23.7 Å². The van der Waals surface area contributed by atoms with E-state index in [0.29, 0.717) is 12.1 Å². The van der Waals surface area contributed by atoms with Gasteiger partial charge in [-0.1, -0.05) is 0 Å². The van der Waals surface area contributed by atoms with Crippen LogP contribution in [0.15, 0.2) is 40.4 Å². The van der Waals surface area contributed by atoms with E-state index in [0.717, 1.165) is 47.5 Å². The molecule has 2 atom stereocenters. The molecular formula is C21H19FN2OS2. The number of thiazole rings is 1. The normalized spacial score (nSPS) is 22.3. The summed E-state index contributed by atoms with van der Waals surface area (Å²) in [7, 11) is 0. The molecule has 2 aliphatic heterocycles. The minimum absolute atomic E-state index is 0.0480. The molecule has 0 radical (unpaired) electrons. The molecule has 27 heavy (non-hydrogen) atoms. The molecule has 0 unspecified atom stereocenters. The Kier molecular flexibility index (Phi) is 4.32. The molecular weight excluding hydrogens is 379 g/mol. The predicted octanol–water partition coefficient (Wildman–Crippen LogP) is 5.35. The van der Waals surface area contributed by atoms with Gasteiger partial charge in [0.1, 0.15) is 5.82 Å². The van der Waals surface area contributed by atoms with Gasteiger partial charge in [-0.05, 0) is 60.9 Å². The first-order valence-corrected chi connectivity index (χ1v) is 11.1. The van der Waals surface area contributed by atoms with Gasteiger partial charge >= 0.3 is 0 Å². The summed E-state index contributed by atoms with van der Waals surface area (Å²) in [6.45, 7) is 0.705. The standard InChI is InChI=1S/C21H19FN2OS2/c22-16-3-6-18-13(9-16)1-4-17-5-2-14(10-24(17)21(18)25)20-23-19(12-27-20)15-7-8-26-11-15/h3,6-9,11-12,14,17H,1-2,4-5,10H2/t14-,17+/m0/s1. The number of aromatic nitrogens is 1. The number of fused-ring (bicyclic) bond motifs is 2. The highest BCUT2D eigenvalue weighted by molar-refractivity contribution is 7.10. The van der Waals surface area contributed by atoms with Crippen molar-refractivity contribution < 1.29 is 9.18 Å². The van der Waals surface area contributed by atoms with E-state index in [2.05, 4.69) is 22.2 Å². The molecule has 1 amide bonds. The van der Waals surface area contributed by atoms with Crippen LogP contribution in [0.3, 0.4) is 0 Å². The number of aryl methyl sites for hydroxylation is 1. The van der Waals surface area contributed by atoms with E-state index >= 15 is 0 Å². The zero-order valence-corrected chi connectivity index (χ0v) is 16.4. The van der Waals surface area contributed by atoms with Crippen molar-refractivity contribution in [2.75, 3.05) is 6.54 Å². The summed E-state index contributed by atoms with van der Waals surface area (Å²) in [6.07, 6.45) is 3.72. The van der Waals surface area contributed by atoms with Crippen molar-refractivity contribution in [2.24, 2.45) is 0 Å². The zero-order chi connectivity index (χ0) is 18.4. The minimum Gasteiger partial charge on any atom is -0.335 e. The van der Waals surface area contributed by atoms with Gasteiger partial charge in [-0.25, -0.2) is 9.37 Å². The second-order valence-electron chi connectivity index (χ2n) is 7.31. The number of carbonyl (C=O) groups excluding carboxylic acids is 1. The number of hydrogen-bond acceptors (Lipinski definition) is 4. The Morgan fingerprint density at radius 3 is 2.93 bits per heavy atom. The quantitative estimate of drug-likeness (QED) is 0.583. The van der Waals surface area contributed by atoms with Gasteiger partial charge in [-0.2, -0.15) is 11.3 Å². The Bertz CT molecular complexity index is 982. The van der Waals surface area contributed by atoms with Crippen molar-refractivity contribution in [3.05, 3.63) is 62.4 Å². The molecule has 5 rings (SSSR count). The highest BCUT2D eigenvalue weighted by atomic mass is 32.1. The van der Waals surface area contributed by atoms with Crippen molar-refractivity contribution in [3.8, 4) is 11.3 Å². The summed E-state index contributed by atoms with van der Waals surface area (Å²) in [5.41, 5.74) is 3.71. The molecule has 1 saturated heterocycles. The van der Waals surface area contributed by atoms with Crippen LogP contribution < -0.4 is 0 Å². The third-order valence-corrected chi connectivity index (χ3v) is 7.39.